The number of nitrogens with one attached hydrogen (secondary N) is 1. The molecular weight excluding hydrogens is 170 g/mol. The Morgan fingerprint density at radius 2 is 2.62 bits per heavy atom. The average molecular weight is 181 g/mol. The van der Waals surface area contributed by atoms with Crippen molar-refractivity contribution < 1.29 is 9.32 Å². The molecule has 1 aromatic rings. The van der Waals surface area contributed by atoms with E-state index in [2.05, 4.69) is 10.6 Å². The second kappa shape index (κ2) is 3.18. The molecule has 1 aliphatic rings. The molecule has 0 bridgehead atoms. The van der Waals surface area contributed by atoms with Crippen LogP contribution in [-0.2, 0) is 17.6 Å². The number of aromatic nitrogens is 1. The molecule has 1 atom stereocenters. The minimum atomic E-state index is -0.105. The van der Waals surface area contributed by atoms with Crippen LogP contribution in [0.1, 0.15) is 17.7 Å². The van der Waals surface area contributed by atoms with E-state index in [1.807, 2.05) is 0 Å². The van der Waals surface area contributed by atoms with Crippen LogP contribution in [0.2, 0.25) is 0 Å². The second-order valence-corrected chi connectivity index (χ2v) is 3.22. The highest BCUT2D eigenvalue weighted by Gasteiger charge is 2.26. The molecule has 1 aromatic heterocycles. The van der Waals surface area contributed by atoms with Gasteiger partial charge in [-0.15, -0.1) is 0 Å². The third kappa shape index (κ3) is 1.42. The van der Waals surface area contributed by atoms with Crippen LogP contribution >= 0.6 is 0 Å². The predicted octanol–water partition coefficient (Wildman–Crippen LogP) is -0.231. The van der Waals surface area contributed by atoms with Gasteiger partial charge in [0.15, 0.2) is 0 Å². The maximum Gasteiger partial charge on any atom is 0.237 e. The van der Waals surface area contributed by atoms with Crippen LogP contribution in [0.15, 0.2) is 10.7 Å². The minimum absolute atomic E-state index is 0.0306. The largest absolute Gasteiger partial charge is 0.361 e. The van der Waals surface area contributed by atoms with E-state index >= 15 is 0 Å². The molecule has 0 radical (unpaired) electrons. The van der Waals surface area contributed by atoms with Gasteiger partial charge in [0.1, 0.15) is 5.76 Å². The number of fused-ring (bicyclic) bond motifs is 1. The first-order valence-corrected chi connectivity index (χ1v) is 4.24. The molecule has 0 spiro atoms. The molecule has 13 heavy (non-hydrogen) atoms. The van der Waals surface area contributed by atoms with Gasteiger partial charge in [0.05, 0.1) is 6.20 Å². The Bertz CT molecular complexity index is 321. The molecule has 0 saturated carbocycles. The molecule has 1 heterocycles. The Morgan fingerprint density at radius 3 is 3.38 bits per heavy atom. The number of amides is 1. The van der Waals surface area contributed by atoms with Gasteiger partial charge in [0.2, 0.25) is 5.91 Å². The normalized spacial score (nSPS) is 20.8. The molecule has 0 aliphatic heterocycles. The first kappa shape index (κ1) is 8.25. The van der Waals surface area contributed by atoms with E-state index < -0.39 is 0 Å². The number of hydrazine groups is 1. The summed E-state index contributed by atoms with van der Waals surface area (Å²) in [6.45, 7) is 0. The fourth-order valence-electron chi connectivity index (χ4n) is 1.67. The number of nitrogens with zero attached hydrogens (tertiary/aromatic N) is 1. The minimum Gasteiger partial charge on any atom is -0.361 e. The van der Waals surface area contributed by atoms with E-state index in [4.69, 9.17) is 10.4 Å². The van der Waals surface area contributed by atoms with Gasteiger partial charge < -0.3 is 4.52 Å². The zero-order valence-electron chi connectivity index (χ0n) is 7.12. The fourth-order valence-corrected chi connectivity index (χ4v) is 1.67. The lowest BCUT2D eigenvalue weighted by Gasteiger charge is -2.18. The first-order valence-electron chi connectivity index (χ1n) is 4.24. The summed E-state index contributed by atoms with van der Waals surface area (Å²) in [5.74, 6) is 5.83. The predicted molar refractivity (Wildman–Crippen MR) is 44.3 cm³/mol. The molecule has 0 unspecified atom stereocenters. The van der Waals surface area contributed by atoms with E-state index in [-0.39, 0.29) is 11.8 Å². The van der Waals surface area contributed by atoms with Crippen LogP contribution < -0.4 is 11.3 Å². The van der Waals surface area contributed by atoms with Crippen molar-refractivity contribution >= 4 is 5.91 Å². The van der Waals surface area contributed by atoms with Crippen molar-refractivity contribution in [3.8, 4) is 0 Å². The van der Waals surface area contributed by atoms with Crippen molar-refractivity contribution in [1.29, 1.82) is 0 Å². The second-order valence-electron chi connectivity index (χ2n) is 3.22. The molecule has 5 nitrogen and oxygen atoms in total. The van der Waals surface area contributed by atoms with Crippen LogP contribution in [0.3, 0.4) is 0 Å². The van der Waals surface area contributed by atoms with Gasteiger partial charge in [-0.1, -0.05) is 5.16 Å². The van der Waals surface area contributed by atoms with Gasteiger partial charge in [0, 0.05) is 17.9 Å². The lowest BCUT2D eigenvalue weighted by molar-refractivity contribution is -0.125. The third-order valence-electron chi connectivity index (χ3n) is 2.43. The van der Waals surface area contributed by atoms with E-state index in [0.29, 0.717) is 6.42 Å². The average Bonchev–Trinajstić information content (AvgIpc) is 2.63. The van der Waals surface area contributed by atoms with Gasteiger partial charge in [0.25, 0.3) is 0 Å². The number of carbonyl (C=O) groups is 1. The van der Waals surface area contributed by atoms with E-state index in [1.54, 1.807) is 6.20 Å². The molecule has 1 amide bonds. The van der Waals surface area contributed by atoms with Crippen molar-refractivity contribution in [2.75, 3.05) is 0 Å². The van der Waals surface area contributed by atoms with Gasteiger partial charge in [-0.25, -0.2) is 5.84 Å². The number of rotatable bonds is 1. The molecule has 1 aliphatic carbocycles. The number of hydrogen-bond donors (Lipinski definition) is 2. The summed E-state index contributed by atoms with van der Waals surface area (Å²) >= 11 is 0. The lowest BCUT2D eigenvalue weighted by Crippen LogP contribution is -2.38. The number of nitrogens with two attached hydrogens (primary N) is 1. The van der Waals surface area contributed by atoms with Crippen molar-refractivity contribution in [3.05, 3.63) is 17.5 Å². The third-order valence-corrected chi connectivity index (χ3v) is 2.43. The molecule has 0 aromatic carbocycles. The van der Waals surface area contributed by atoms with Gasteiger partial charge in [-0.05, 0) is 12.8 Å². The Kier molecular flexibility index (Phi) is 2.02. The van der Waals surface area contributed by atoms with Crippen LogP contribution in [0.5, 0.6) is 0 Å². The summed E-state index contributed by atoms with van der Waals surface area (Å²) in [7, 11) is 0. The highest BCUT2D eigenvalue weighted by molar-refractivity contribution is 5.78. The molecule has 2 rings (SSSR count). The first-order chi connectivity index (χ1) is 6.31. The molecular formula is C8H11N3O2. The van der Waals surface area contributed by atoms with E-state index in [9.17, 15) is 4.79 Å². The SMILES string of the molecule is NNC(=O)[C@H]1CCc2oncc2C1. The number of hydrogen-bond acceptors (Lipinski definition) is 4. The zero-order chi connectivity index (χ0) is 9.26. The van der Waals surface area contributed by atoms with Gasteiger partial charge >= 0.3 is 0 Å². The van der Waals surface area contributed by atoms with E-state index in [0.717, 1.165) is 24.2 Å². The number of aryl methyl sites for hydroxylation is 1. The lowest BCUT2D eigenvalue weighted by atomic mass is 9.88. The maximum absolute atomic E-state index is 11.2. The van der Waals surface area contributed by atoms with Gasteiger partial charge in [-0.3, -0.25) is 10.2 Å². The standard InChI is InChI=1S/C8H11N3O2/c9-11-8(12)5-1-2-7-6(3-5)4-10-13-7/h4-5H,1-3,9H2,(H,11,12)/t5-/m0/s1. The van der Waals surface area contributed by atoms with Crippen molar-refractivity contribution in [3.63, 3.8) is 0 Å². The highest BCUT2D eigenvalue weighted by atomic mass is 16.5. The summed E-state index contributed by atoms with van der Waals surface area (Å²) in [6, 6.07) is 0. The van der Waals surface area contributed by atoms with Gasteiger partial charge in [-0.2, -0.15) is 0 Å². The van der Waals surface area contributed by atoms with E-state index in [1.165, 1.54) is 0 Å². The van der Waals surface area contributed by atoms with Crippen LogP contribution in [0.25, 0.3) is 0 Å². The summed E-state index contributed by atoms with van der Waals surface area (Å²) < 4.78 is 5.00. The molecule has 0 saturated heterocycles. The molecule has 0 fully saturated rings. The summed E-state index contributed by atoms with van der Waals surface area (Å²) in [5.41, 5.74) is 3.20. The van der Waals surface area contributed by atoms with Crippen LogP contribution in [0, 0.1) is 5.92 Å². The molecule has 5 heteroatoms. The Hall–Kier alpha value is -1.36. The van der Waals surface area contributed by atoms with Crippen LogP contribution in [-0.4, -0.2) is 11.1 Å². The Morgan fingerprint density at radius 1 is 1.77 bits per heavy atom. The van der Waals surface area contributed by atoms with Crippen LogP contribution in [0.4, 0.5) is 0 Å². The van der Waals surface area contributed by atoms with Crippen molar-refractivity contribution in [2.24, 2.45) is 11.8 Å². The van der Waals surface area contributed by atoms with Crippen molar-refractivity contribution in [2.45, 2.75) is 19.3 Å². The van der Waals surface area contributed by atoms with Crippen molar-refractivity contribution in [1.82, 2.24) is 10.6 Å². The maximum atomic E-state index is 11.2. The summed E-state index contributed by atoms with van der Waals surface area (Å²) in [5, 5.41) is 3.69. The Balaban J connectivity index is 2.13. The summed E-state index contributed by atoms with van der Waals surface area (Å²) in [4.78, 5) is 11.2. The highest BCUT2D eigenvalue weighted by Crippen LogP contribution is 2.24. The smallest absolute Gasteiger partial charge is 0.237 e. The quantitative estimate of drug-likeness (QED) is 0.356. The Labute approximate surface area is 75.2 Å². The molecule has 70 valence electrons. The zero-order valence-corrected chi connectivity index (χ0v) is 7.12. The monoisotopic (exact) mass is 181 g/mol. The number of carbonyl (C=O) groups excluding carboxylic acids is 1. The summed E-state index contributed by atoms with van der Waals surface area (Å²) in [6.07, 6.45) is 3.91. The fraction of sp³-hybridized carbons (Fsp3) is 0.500. The topological polar surface area (TPSA) is 81.1 Å². The molecule has 3 N–H and O–H groups in total.